The van der Waals surface area contributed by atoms with Crippen molar-refractivity contribution in [1.82, 2.24) is 9.88 Å². The molecule has 1 saturated heterocycles. The molecule has 110 valence electrons. The van der Waals surface area contributed by atoms with Crippen LogP contribution in [0.1, 0.15) is 38.7 Å². The number of likely N-dealkylation sites (tertiary alicyclic amines) is 1. The van der Waals surface area contributed by atoms with Gasteiger partial charge in [-0.1, -0.05) is 23.2 Å². The first-order chi connectivity index (χ1) is 9.24. The van der Waals surface area contributed by atoms with Crippen molar-refractivity contribution in [2.45, 2.75) is 38.7 Å². The summed E-state index contributed by atoms with van der Waals surface area (Å²) in [7, 11) is 0. The van der Waals surface area contributed by atoms with E-state index in [1.54, 1.807) is 17.0 Å². The summed E-state index contributed by atoms with van der Waals surface area (Å²) in [5.74, 6) is 0.223. The molecule has 2 rings (SSSR count). The van der Waals surface area contributed by atoms with Crippen LogP contribution in [0.5, 0.6) is 0 Å². The standard InChI is InChI=1S/C14H18Cl2N2O2/c1-14(2,3)20-13(19)18-5-4-9(8-18)10-6-11(15)17-12(16)7-10/h6-7,9H,4-5,8H2,1-3H3. The molecule has 6 heteroatoms. The fourth-order valence-electron chi connectivity index (χ4n) is 2.24. The minimum atomic E-state index is -0.474. The van der Waals surface area contributed by atoms with Gasteiger partial charge in [-0.05, 0) is 44.9 Å². The van der Waals surface area contributed by atoms with Gasteiger partial charge in [-0.25, -0.2) is 9.78 Å². The van der Waals surface area contributed by atoms with Crippen molar-refractivity contribution in [3.63, 3.8) is 0 Å². The summed E-state index contributed by atoms with van der Waals surface area (Å²) >= 11 is 11.8. The molecule has 1 amide bonds. The van der Waals surface area contributed by atoms with E-state index in [2.05, 4.69) is 4.98 Å². The van der Waals surface area contributed by atoms with Crippen LogP contribution in [0.15, 0.2) is 12.1 Å². The summed E-state index contributed by atoms with van der Waals surface area (Å²) in [4.78, 5) is 17.7. The third-order valence-electron chi connectivity index (χ3n) is 3.10. The Morgan fingerprint density at radius 3 is 2.50 bits per heavy atom. The number of hydrogen-bond acceptors (Lipinski definition) is 3. The van der Waals surface area contributed by atoms with Gasteiger partial charge in [-0.15, -0.1) is 0 Å². The lowest BCUT2D eigenvalue weighted by Gasteiger charge is -2.24. The van der Waals surface area contributed by atoms with E-state index < -0.39 is 5.60 Å². The van der Waals surface area contributed by atoms with Crippen molar-refractivity contribution in [2.24, 2.45) is 0 Å². The van der Waals surface area contributed by atoms with Gasteiger partial charge in [0.1, 0.15) is 15.9 Å². The maximum Gasteiger partial charge on any atom is 0.410 e. The molecule has 1 atom stereocenters. The summed E-state index contributed by atoms with van der Waals surface area (Å²) in [6.45, 7) is 6.88. The molecule has 0 radical (unpaired) electrons. The first-order valence-corrected chi connectivity index (χ1v) is 7.31. The number of ether oxygens (including phenoxy) is 1. The monoisotopic (exact) mass is 316 g/mol. The van der Waals surface area contributed by atoms with Crippen molar-refractivity contribution in [1.29, 1.82) is 0 Å². The number of halogens is 2. The molecule has 0 bridgehead atoms. The van der Waals surface area contributed by atoms with Crippen LogP contribution in [-0.2, 0) is 4.74 Å². The van der Waals surface area contributed by atoms with E-state index in [0.717, 1.165) is 12.0 Å². The van der Waals surface area contributed by atoms with E-state index in [9.17, 15) is 4.79 Å². The van der Waals surface area contributed by atoms with Crippen LogP contribution in [0.4, 0.5) is 4.79 Å². The van der Waals surface area contributed by atoms with E-state index in [1.807, 2.05) is 20.8 Å². The van der Waals surface area contributed by atoms with Crippen LogP contribution in [0.25, 0.3) is 0 Å². The maximum atomic E-state index is 12.0. The van der Waals surface area contributed by atoms with E-state index >= 15 is 0 Å². The van der Waals surface area contributed by atoms with Crippen LogP contribution < -0.4 is 0 Å². The van der Waals surface area contributed by atoms with Crippen LogP contribution in [0.2, 0.25) is 10.3 Å². The minimum absolute atomic E-state index is 0.223. The van der Waals surface area contributed by atoms with Gasteiger partial charge in [0.05, 0.1) is 0 Å². The molecule has 4 nitrogen and oxygen atoms in total. The number of pyridine rings is 1. The highest BCUT2D eigenvalue weighted by Gasteiger charge is 2.30. The zero-order valence-electron chi connectivity index (χ0n) is 11.8. The highest BCUT2D eigenvalue weighted by Crippen LogP contribution is 2.30. The third kappa shape index (κ3) is 4.00. The molecule has 0 spiro atoms. The van der Waals surface area contributed by atoms with Crippen molar-refractivity contribution in [3.8, 4) is 0 Å². The van der Waals surface area contributed by atoms with Crippen LogP contribution in [0, 0.1) is 0 Å². The number of amides is 1. The summed E-state index contributed by atoms with van der Waals surface area (Å²) in [6.07, 6.45) is 0.599. The number of carbonyl (C=O) groups excluding carboxylic acids is 1. The molecule has 0 N–H and O–H groups in total. The fraction of sp³-hybridized carbons (Fsp3) is 0.571. The second-order valence-electron chi connectivity index (χ2n) is 5.96. The Balaban J connectivity index is 2.03. The second kappa shape index (κ2) is 5.78. The number of rotatable bonds is 1. The topological polar surface area (TPSA) is 42.4 Å². The predicted octanol–water partition coefficient (Wildman–Crippen LogP) is 4.11. The van der Waals surface area contributed by atoms with Gasteiger partial charge in [-0.2, -0.15) is 0 Å². The van der Waals surface area contributed by atoms with Gasteiger partial charge < -0.3 is 9.64 Å². The van der Waals surface area contributed by atoms with Gasteiger partial charge in [0.15, 0.2) is 0 Å². The summed E-state index contributed by atoms with van der Waals surface area (Å²) in [5, 5.41) is 0.756. The van der Waals surface area contributed by atoms with E-state index in [1.165, 1.54) is 0 Å². The lowest BCUT2D eigenvalue weighted by atomic mass is 10.00. The summed E-state index contributed by atoms with van der Waals surface area (Å²) in [5.41, 5.74) is 0.541. The molecule has 1 aromatic heterocycles. The molecule has 1 unspecified atom stereocenters. The molecule has 1 aliphatic rings. The average Bonchev–Trinajstić information content (AvgIpc) is 2.74. The average molecular weight is 317 g/mol. The Labute approximate surface area is 129 Å². The highest BCUT2D eigenvalue weighted by molar-refractivity contribution is 6.32. The molecular weight excluding hydrogens is 299 g/mol. The Hall–Kier alpha value is -1.00. The minimum Gasteiger partial charge on any atom is -0.444 e. The molecular formula is C14H18Cl2N2O2. The summed E-state index contributed by atoms with van der Waals surface area (Å²) < 4.78 is 5.38. The van der Waals surface area contributed by atoms with E-state index in [4.69, 9.17) is 27.9 Å². The molecule has 0 aromatic carbocycles. The zero-order valence-corrected chi connectivity index (χ0v) is 13.3. The number of hydrogen-bond donors (Lipinski definition) is 0. The lowest BCUT2D eigenvalue weighted by molar-refractivity contribution is 0.0292. The van der Waals surface area contributed by atoms with Crippen molar-refractivity contribution in [2.75, 3.05) is 13.1 Å². The SMILES string of the molecule is CC(C)(C)OC(=O)N1CCC(c2cc(Cl)nc(Cl)c2)C1. The van der Waals surface area contributed by atoms with Crippen molar-refractivity contribution < 1.29 is 9.53 Å². The normalized spacial score (nSPS) is 19.2. The van der Waals surface area contributed by atoms with Crippen molar-refractivity contribution in [3.05, 3.63) is 28.0 Å². The Bertz CT molecular complexity index is 494. The van der Waals surface area contributed by atoms with Gasteiger partial charge in [0.2, 0.25) is 0 Å². The number of aromatic nitrogens is 1. The van der Waals surface area contributed by atoms with Gasteiger partial charge in [-0.3, -0.25) is 0 Å². The smallest absolute Gasteiger partial charge is 0.410 e. The van der Waals surface area contributed by atoms with E-state index in [0.29, 0.717) is 23.4 Å². The van der Waals surface area contributed by atoms with Crippen LogP contribution in [-0.4, -0.2) is 34.7 Å². The van der Waals surface area contributed by atoms with Gasteiger partial charge >= 0.3 is 6.09 Å². The first kappa shape index (κ1) is 15.4. The molecule has 0 saturated carbocycles. The molecule has 1 fully saturated rings. The van der Waals surface area contributed by atoms with Crippen molar-refractivity contribution >= 4 is 29.3 Å². The molecule has 2 heterocycles. The number of nitrogens with zero attached hydrogens (tertiary/aromatic N) is 2. The van der Waals surface area contributed by atoms with Crippen LogP contribution in [0.3, 0.4) is 0 Å². The van der Waals surface area contributed by atoms with E-state index in [-0.39, 0.29) is 12.0 Å². The Kier molecular flexibility index (Phi) is 4.45. The lowest BCUT2D eigenvalue weighted by Crippen LogP contribution is -2.35. The molecule has 1 aliphatic heterocycles. The highest BCUT2D eigenvalue weighted by atomic mass is 35.5. The number of carbonyl (C=O) groups is 1. The largest absolute Gasteiger partial charge is 0.444 e. The Morgan fingerprint density at radius 2 is 1.95 bits per heavy atom. The maximum absolute atomic E-state index is 12.0. The van der Waals surface area contributed by atoms with Gasteiger partial charge in [0.25, 0.3) is 0 Å². The second-order valence-corrected chi connectivity index (χ2v) is 6.73. The molecule has 1 aromatic rings. The summed E-state index contributed by atoms with van der Waals surface area (Å²) in [6, 6.07) is 3.60. The first-order valence-electron chi connectivity index (χ1n) is 6.55. The third-order valence-corrected chi connectivity index (χ3v) is 3.48. The Morgan fingerprint density at radius 1 is 1.35 bits per heavy atom. The molecule has 20 heavy (non-hydrogen) atoms. The quantitative estimate of drug-likeness (QED) is 0.732. The predicted molar refractivity (Wildman–Crippen MR) is 79.4 cm³/mol. The fourth-order valence-corrected chi connectivity index (χ4v) is 2.72. The van der Waals surface area contributed by atoms with Gasteiger partial charge in [0, 0.05) is 19.0 Å². The van der Waals surface area contributed by atoms with Crippen LogP contribution >= 0.6 is 23.2 Å². The zero-order chi connectivity index (χ0) is 14.9. The molecule has 0 aliphatic carbocycles.